The zero-order valence-corrected chi connectivity index (χ0v) is 15.4. The van der Waals surface area contributed by atoms with Crippen LogP contribution < -0.4 is 11.1 Å². The number of hydrogen-bond donors (Lipinski definition) is 2. The first-order valence-corrected chi connectivity index (χ1v) is 9.80. The average molecular weight is 367 g/mol. The summed E-state index contributed by atoms with van der Waals surface area (Å²) in [6, 6.07) is 12.6. The third-order valence-electron chi connectivity index (χ3n) is 5.96. The molecule has 142 valence electrons. The van der Waals surface area contributed by atoms with Gasteiger partial charge in [0.2, 0.25) is 5.91 Å². The van der Waals surface area contributed by atoms with Gasteiger partial charge in [0.05, 0.1) is 5.69 Å². The molecule has 27 heavy (non-hydrogen) atoms. The Hall–Kier alpha value is -2.27. The Kier molecular flexibility index (Phi) is 5.21. The summed E-state index contributed by atoms with van der Waals surface area (Å²) in [6.45, 7) is -0.456. The van der Waals surface area contributed by atoms with E-state index in [1.807, 2.05) is 30.5 Å². The van der Waals surface area contributed by atoms with Crippen molar-refractivity contribution in [1.82, 2.24) is 10.3 Å². The lowest BCUT2D eigenvalue weighted by Gasteiger charge is -2.27. The van der Waals surface area contributed by atoms with Gasteiger partial charge in [-0.3, -0.25) is 9.78 Å². The van der Waals surface area contributed by atoms with Crippen molar-refractivity contribution in [1.29, 1.82) is 0 Å². The molecule has 0 aliphatic heterocycles. The van der Waals surface area contributed by atoms with E-state index in [0.29, 0.717) is 23.6 Å². The molecule has 1 aromatic carbocycles. The van der Waals surface area contributed by atoms with Gasteiger partial charge in [0, 0.05) is 35.7 Å². The van der Waals surface area contributed by atoms with Crippen LogP contribution in [0, 0.1) is 5.92 Å². The number of benzene rings is 1. The smallest absolute Gasteiger partial charge is 0.220 e. The van der Waals surface area contributed by atoms with Crippen LogP contribution in [0.2, 0.25) is 0 Å². The number of carbonyl (C=O) groups is 1. The van der Waals surface area contributed by atoms with Crippen LogP contribution in [0.5, 0.6) is 0 Å². The van der Waals surface area contributed by atoms with E-state index in [1.165, 1.54) is 5.56 Å². The molecule has 2 fully saturated rings. The van der Waals surface area contributed by atoms with Crippen molar-refractivity contribution < 1.29 is 9.18 Å². The number of amides is 1. The van der Waals surface area contributed by atoms with E-state index in [2.05, 4.69) is 16.4 Å². The molecule has 2 aliphatic carbocycles. The molecule has 3 N–H and O–H groups in total. The van der Waals surface area contributed by atoms with Gasteiger partial charge in [0.1, 0.15) is 6.67 Å². The van der Waals surface area contributed by atoms with Crippen molar-refractivity contribution in [3.63, 3.8) is 0 Å². The molecule has 0 unspecified atom stereocenters. The number of nitrogens with one attached hydrogen (secondary N) is 1. The van der Waals surface area contributed by atoms with E-state index >= 15 is 0 Å². The van der Waals surface area contributed by atoms with Crippen molar-refractivity contribution in [2.24, 2.45) is 11.7 Å². The van der Waals surface area contributed by atoms with Gasteiger partial charge in [0.15, 0.2) is 0 Å². The fourth-order valence-electron chi connectivity index (χ4n) is 4.20. The van der Waals surface area contributed by atoms with Gasteiger partial charge in [0.25, 0.3) is 0 Å². The molecule has 2 aliphatic rings. The lowest BCUT2D eigenvalue weighted by atomic mass is 9.85. The van der Waals surface area contributed by atoms with Crippen LogP contribution in [-0.2, 0) is 11.5 Å². The van der Waals surface area contributed by atoms with Crippen molar-refractivity contribution in [2.45, 2.75) is 56.8 Å². The number of rotatable bonds is 6. The largest absolute Gasteiger partial charge is 0.369 e. The van der Waals surface area contributed by atoms with E-state index in [4.69, 9.17) is 5.73 Å². The number of primary amides is 1. The summed E-state index contributed by atoms with van der Waals surface area (Å²) in [7, 11) is 0. The number of aromatic nitrogens is 1. The minimum absolute atomic E-state index is 0.0608. The van der Waals surface area contributed by atoms with Gasteiger partial charge >= 0.3 is 0 Å². The molecule has 1 aromatic heterocycles. The van der Waals surface area contributed by atoms with Gasteiger partial charge in [-0.15, -0.1) is 0 Å². The summed E-state index contributed by atoms with van der Waals surface area (Å²) in [6.07, 6.45) is 6.94. The molecule has 2 atom stereocenters. The highest BCUT2D eigenvalue weighted by Crippen LogP contribution is 2.42. The number of hydrogen-bond acceptors (Lipinski definition) is 3. The molecule has 0 bridgehead atoms. The summed E-state index contributed by atoms with van der Waals surface area (Å²) in [4.78, 5) is 15.9. The average Bonchev–Trinajstić information content (AvgIpc) is 3.47. The van der Waals surface area contributed by atoms with Gasteiger partial charge in [-0.05, 0) is 55.4 Å². The number of pyridine rings is 1. The van der Waals surface area contributed by atoms with E-state index in [9.17, 15) is 9.18 Å². The quantitative estimate of drug-likeness (QED) is 0.818. The van der Waals surface area contributed by atoms with Crippen molar-refractivity contribution in [3.05, 3.63) is 53.7 Å². The van der Waals surface area contributed by atoms with Crippen LogP contribution in [0.15, 0.2) is 42.6 Å². The third kappa shape index (κ3) is 4.19. The monoisotopic (exact) mass is 367 g/mol. The minimum atomic E-state index is -0.456. The molecule has 4 rings (SSSR count). The molecule has 0 spiro atoms. The second-order valence-electron chi connectivity index (χ2n) is 7.88. The standard InChI is InChI=1S/C22H26FN3O/c23-12-14-2-1-3-16(10-14)20-9-6-17(13-25-20)19-11-21(19)26-18-7-4-15(5-8-18)22(24)27/h1-3,6,9-10,13,15,18-19,21,26H,4-5,7-8,11-12H2,(H2,24,27)/t15?,18?,19-,21+/m1/s1. The lowest BCUT2D eigenvalue weighted by molar-refractivity contribution is -0.122. The molecular weight excluding hydrogens is 341 g/mol. The number of carbonyl (C=O) groups excluding carboxylic acids is 1. The van der Waals surface area contributed by atoms with E-state index < -0.39 is 6.67 Å². The molecule has 1 amide bonds. The second-order valence-corrected chi connectivity index (χ2v) is 7.88. The Labute approximate surface area is 159 Å². The first-order valence-electron chi connectivity index (χ1n) is 9.80. The Morgan fingerprint density at radius 2 is 2.00 bits per heavy atom. The van der Waals surface area contributed by atoms with Gasteiger partial charge < -0.3 is 11.1 Å². The number of nitrogens with two attached hydrogens (primary N) is 1. The highest BCUT2D eigenvalue weighted by molar-refractivity contribution is 5.76. The van der Waals surface area contributed by atoms with Crippen LogP contribution in [0.25, 0.3) is 11.3 Å². The summed E-state index contributed by atoms with van der Waals surface area (Å²) in [5.41, 5.74) is 9.17. The van der Waals surface area contributed by atoms with Gasteiger partial charge in [-0.25, -0.2) is 4.39 Å². The predicted molar refractivity (Wildman–Crippen MR) is 104 cm³/mol. The number of nitrogens with zero attached hydrogens (tertiary/aromatic N) is 1. The van der Waals surface area contributed by atoms with Crippen molar-refractivity contribution in [2.75, 3.05) is 0 Å². The Morgan fingerprint density at radius 1 is 1.19 bits per heavy atom. The maximum Gasteiger partial charge on any atom is 0.220 e. The molecule has 4 nitrogen and oxygen atoms in total. The summed E-state index contributed by atoms with van der Waals surface area (Å²) >= 11 is 0. The highest BCUT2D eigenvalue weighted by Gasteiger charge is 2.40. The number of alkyl halides is 1. The zero-order valence-electron chi connectivity index (χ0n) is 15.4. The maximum atomic E-state index is 12.8. The number of halogens is 1. The van der Waals surface area contributed by atoms with E-state index in [-0.39, 0.29) is 11.8 Å². The van der Waals surface area contributed by atoms with Crippen LogP contribution in [-0.4, -0.2) is 23.0 Å². The minimum Gasteiger partial charge on any atom is -0.369 e. The summed E-state index contributed by atoms with van der Waals surface area (Å²) in [5.74, 6) is 0.421. The first kappa shape index (κ1) is 18.1. The first-order chi connectivity index (χ1) is 13.1. The second kappa shape index (κ2) is 7.77. The summed E-state index contributed by atoms with van der Waals surface area (Å²) in [5, 5.41) is 3.74. The molecule has 0 radical (unpaired) electrons. The van der Waals surface area contributed by atoms with Gasteiger partial charge in [-0.1, -0.05) is 24.3 Å². The molecule has 5 heteroatoms. The zero-order chi connectivity index (χ0) is 18.8. The van der Waals surface area contributed by atoms with E-state index in [0.717, 1.165) is 43.4 Å². The third-order valence-corrected chi connectivity index (χ3v) is 5.96. The van der Waals surface area contributed by atoms with Crippen LogP contribution in [0.3, 0.4) is 0 Å². The molecule has 2 aromatic rings. The van der Waals surface area contributed by atoms with Crippen LogP contribution >= 0.6 is 0 Å². The fourth-order valence-corrected chi connectivity index (χ4v) is 4.20. The Balaban J connectivity index is 1.32. The van der Waals surface area contributed by atoms with Crippen LogP contribution in [0.1, 0.15) is 49.1 Å². The molecule has 2 saturated carbocycles. The SMILES string of the molecule is NC(=O)C1CCC(N[C@H]2C[C@@H]2c2ccc(-c3cccc(CF)c3)nc2)CC1. The normalized spacial score (nSPS) is 27.3. The molecular formula is C22H26FN3O. The van der Waals surface area contributed by atoms with Gasteiger partial charge in [-0.2, -0.15) is 0 Å². The summed E-state index contributed by atoms with van der Waals surface area (Å²) < 4.78 is 12.8. The molecule has 0 saturated heterocycles. The van der Waals surface area contributed by atoms with Crippen LogP contribution in [0.4, 0.5) is 4.39 Å². The van der Waals surface area contributed by atoms with E-state index in [1.54, 1.807) is 6.07 Å². The fraction of sp³-hybridized carbons (Fsp3) is 0.455. The maximum absolute atomic E-state index is 12.8. The topological polar surface area (TPSA) is 68.0 Å². The predicted octanol–water partition coefficient (Wildman–Crippen LogP) is 3.71. The highest BCUT2D eigenvalue weighted by atomic mass is 19.1. The Morgan fingerprint density at radius 3 is 2.67 bits per heavy atom. The molecule has 1 heterocycles. The lowest BCUT2D eigenvalue weighted by Crippen LogP contribution is -2.38. The van der Waals surface area contributed by atoms with Crippen molar-refractivity contribution >= 4 is 5.91 Å². The van der Waals surface area contributed by atoms with Crippen molar-refractivity contribution in [3.8, 4) is 11.3 Å². The Bertz CT molecular complexity index is 799.